The number of esters is 1. The van der Waals surface area contributed by atoms with E-state index in [4.69, 9.17) is 19.3 Å². The number of ether oxygens (including phenoxy) is 3. The number of carbonyl (C=O) groups is 2. The quantitative estimate of drug-likeness (QED) is 0.496. The summed E-state index contributed by atoms with van der Waals surface area (Å²) in [6.07, 6.45) is 0. The molecule has 24 heavy (non-hydrogen) atoms. The van der Waals surface area contributed by atoms with Gasteiger partial charge in [0.1, 0.15) is 11.5 Å². The van der Waals surface area contributed by atoms with Crippen LogP contribution in [0.5, 0.6) is 23.0 Å². The second-order valence-corrected chi connectivity index (χ2v) is 5.55. The first kappa shape index (κ1) is 17.3. The number of benzene rings is 2. The van der Waals surface area contributed by atoms with Gasteiger partial charge in [0.15, 0.2) is 16.9 Å². The molecule has 0 aliphatic heterocycles. The Morgan fingerprint density at radius 2 is 1.58 bits per heavy atom. The Morgan fingerprint density at radius 1 is 0.958 bits per heavy atom. The highest BCUT2D eigenvalue weighted by Gasteiger charge is 2.38. The third-order valence-corrected chi connectivity index (χ3v) is 3.37. The van der Waals surface area contributed by atoms with Crippen LogP contribution in [0.2, 0.25) is 0 Å². The van der Waals surface area contributed by atoms with Crippen LogP contribution in [0.1, 0.15) is 13.8 Å². The van der Waals surface area contributed by atoms with Crippen LogP contribution in [0.25, 0.3) is 0 Å². The number of hydrogen-bond donors (Lipinski definition) is 1. The Morgan fingerprint density at radius 3 is 2.21 bits per heavy atom. The number of methoxy groups -OCH3 is 1. The molecule has 6 nitrogen and oxygen atoms in total. The van der Waals surface area contributed by atoms with E-state index in [-0.39, 0.29) is 5.75 Å². The largest absolute Gasteiger partial charge is 0.497 e. The van der Waals surface area contributed by atoms with Crippen molar-refractivity contribution in [3.63, 3.8) is 0 Å². The average molecular weight is 330 g/mol. The standard InChI is InChI=1S/C18H18O6/c1-18(2,16(19)20)17(21)24-15-10-5-4-9-14(15)23-13-8-6-7-12(11-13)22-3/h4-11H,1-3H3,(H,19,20). The van der Waals surface area contributed by atoms with Crippen LogP contribution < -0.4 is 14.2 Å². The number of rotatable bonds is 6. The fourth-order valence-electron chi connectivity index (χ4n) is 1.73. The second-order valence-electron chi connectivity index (χ2n) is 5.55. The van der Waals surface area contributed by atoms with Crippen molar-refractivity contribution < 1.29 is 28.9 Å². The van der Waals surface area contributed by atoms with Gasteiger partial charge in [-0.05, 0) is 38.1 Å². The molecule has 0 spiro atoms. The maximum absolute atomic E-state index is 12.1. The fourth-order valence-corrected chi connectivity index (χ4v) is 1.73. The molecule has 6 heteroatoms. The third-order valence-electron chi connectivity index (χ3n) is 3.37. The molecule has 0 radical (unpaired) electrons. The SMILES string of the molecule is COc1cccc(Oc2ccccc2OC(=O)C(C)(C)C(=O)O)c1. The molecule has 1 N–H and O–H groups in total. The molecule has 2 aromatic rings. The van der Waals surface area contributed by atoms with Crippen molar-refractivity contribution in [2.45, 2.75) is 13.8 Å². The second kappa shape index (κ2) is 7.04. The summed E-state index contributed by atoms with van der Waals surface area (Å²) in [6.45, 7) is 2.56. The Bertz CT molecular complexity index is 751. The molecule has 0 aliphatic carbocycles. The topological polar surface area (TPSA) is 82.1 Å². The van der Waals surface area contributed by atoms with Crippen molar-refractivity contribution >= 4 is 11.9 Å². The van der Waals surface area contributed by atoms with Gasteiger partial charge in [-0.2, -0.15) is 0 Å². The molecule has 2 rings (SSSR count). The van der Waals surface area contributed by atoms with E-state index in [1.807, 2.05) is 0 Å². The number of para-hydroxylation sites is 2. The normalized spacial score (nSPS) is 10.8. The van der Waals surface area contributed by atoms with Gasteiger partial charge in [0, 0.05) is 6.07 Å². The molecule has 0 fully saturated rings. The average Bonchev–Trinajstić information content (AvgIpc) is 2.56. The zero-order valence-corrected chi connectivity index (χ0v) is 13.6. The molecular weight excluding hydrogens is 312 g/mol. The smallest absolute Gasteiger partial charge is 0.328 e. The minimum Gasteiger partial charge on any atom is -0.497 e. The summed E-state index contributed by atoms with van der Waals surface area (Å²) in [7, 11) is 1.54. The molecule has 0 saturated carbocycles. The number of aliphatic carboxylic acids is 1. The fraction of sp³-hybridized carbons (Fsp3) is 0.222. The van der Waals surface area contributed by atoms with E-state index < -0.39 is 17.4 Å². The molecule has 0 amide bonds. The molecule has 0 aromatic heterocycles. The Balaban J connectivity index is 2.24. The van der Waals surface area contributed by atoms with Gasteiger partial charge in [0.2, 0.25) is 0 Å². The van der Waals surface area contributed by atoms with Crippen LogP contribution in [0.4, 0.5) is 0 Å². The molecule has 0 atom stereocenters. The molecule has 0 unspecified atom stereocenters. The summed E-state index contributed by atoms with van der Waals surface area (Å²) in [5.74, 6) is -0.598. The van der Waals surface area contributed by atoms with Crippen LogP contribution in [0.15, 0.2) is 48.5 Å². The first-order valence-electron chi connectivity index (χ1n) is 7.21. The van der Waals surface area contributed by atoms with Crippen molar-refractivity contribution in [3.8, 4) is 23.0 Å². The monoisotopic (exact) mass is 330 g/mol. The van der Waals surface area contributed by atoms with E-state index in [1.165, 1.54) is 19.9 Å². The highest BCUT2D eigenvalue weighted by atomic mass is 16.6. The minimum absolute atomic E-state index is 0.139. The lowest BCUT2D eigenvalue weighted by molar-refractivity contribution is -0.160. The Hall–Kier alpha value is -3.02. The van der Waals surface area contributed by atoms with Crippen LogP contribution in [0, 0.1) is 5.41 Å². The first-order chi connectivity index (χ1) is 11.3. The van der Waals surface area contributed by atoms with Gasteiger partial charge in [0.25, 0.3) is 0 Å². The molecule has 0 heterocycles. The van der Waals surface area contributed by atoms with Crippen molar-refractivity contribution in [1.82, 2.24) is 0 Å². The Labute approximate surface area is 139 Å². The zero-order valence-electron chi connectivity index (χ0n) is 13.6. The van der Waals surface area contributed by atoms with E-state index >= 15 is 0 Å². The predicted octanol–water partition coefficient (Wildman–Crippen LogP) is 3.50. The molecule has 0 aliphatic rings. The lowest BCUT2D eigenvalue weighted by Gasteiger charge is -2.18. The first-order valence-corrected chi connectivity index (χ1v) is 7.21. The maximum atomic E-state index is 12.1. The summed E-state index contributed by atoms with van der Waals surface area (Å²) < 4.78 is 16.1. The zero-order chi connectivity index (χ0) is 17.7. The molecule has 2 aromatic carbocycles. The van der Waals surface area contributed by atoms with Crippen LogP contribution in [-0.4, -0.2) is 24.2 Å². The van der Waals surface area contributed by atoms with Gasteiger partial charge in [-0.15, -0.1) is 0 Å². The summed E-state index contributed by atoms with van der Waals surface area (Å²) in [5, 5.41) is 9.11. The summed E-state index contributed by atoms with van der Waals surface area (Å²) >= 11 is 0. The van der Waals surface area contributed by atoms with Gasteiger partial charge in [0.05, 0.1) is 7.11 Å². The van der Waals surface area contributed by atoms with E-state index in [0.717, 1.165) is 0 Å². The minimum atomic E-state index is -1.66. The highest BCUT2D eigenvalue weighted by Crippen LogP contribution is 2.34. The van der Waals surface area contributed by atoms with Crippen molar-refractivity contribution in [2.75, 3.05) is 7.11 Å². The Kier molecular flexibility index (Phi) is 5.08. The number of carboxylic acids is 1. The summed E-state index contributed by atoms with van der Waals surface area (Å²) in [4.78, 5) is 23.3. The third kappa shape index (κ3) is 3.84. The number of hydrogen-bond acceptors (Lipinski definition) is 5. The van der Waals surface area contributed by atoms with Gasteiger partial charge >= 0.3 is 11.9 Å². The summed E-state index contributed by atoms with van der Waals surface area (Å²) in [6, 6.07) is 13.5. The highest BCUT2D eigenvalue weighted by molar-refractivity contribution is 5.99. The van der Waals surface area contributed by atoms with Gasteiger partial charge in [-0.25, -0.2) is 0 Å². The van der Waals surface area contributed by atoms with Crippen LogP contribution in [0.3, 0.4) is 0 Å². The van der Waals surface area contributed by atoms with E-state index in [9.17, 15) is 9.59 Å². The van der Waals surface area contributed by atoms with E-state index in [0.29, 0.717) is 17.2 Å². The molecular formula is C18H18O6. The predicted molar refractivity (Wildman–Crippen MR) is 86.6 cm³/mol. The van der Waals surface area contributed by atoms with Crippen LogP contribution >= 0.6 is 0 Å². The van der Waals surface area contributed by atoms with Gasteiger partial charge in [-0.3, -0.25) is 9.59 Å². The summed E-state index contributed by atoms with van der Waals surface area (Å²) in [5.41, 5.74) is -1.66. The maximum Gasteiger partial charge on any atom is 0.328 e. The number of carboxylic acid groups (broad SMARTS) is 1. The molecule has 0 bridgehead atoms. The number of carbonyl (C=O) groups excluding carboxylic acids is 1. The van der Waals surface area contributed by atoms with Crippen molar-refractivity contribution in [1.29, 1.82) is 0 Å². The van der Waals surface area contributed by atoms with Crippen molar-refractivity contribution in [2.24, 2.45) is 5.41 Å². The van der Waals surface area contributed by atoms with Gasteiger partial charge in [-0.1, -0.05) is 18.2 Å². The van der Waals surface area contributed by atoms with E-state index in [2.05, 4.69) is 0 Å². The lowest BCUT2D eigenvalue weighted by Crippen LogP contribution is -2.36. The van der Waals surface area contributed by atoms with Crippen molar-refractivity contribution in [3.05, 3.63) is 48.5 Å². The lowest BCUT2D eigenvalue weighted by atomic mass is 9.94. The molecule has 126 valence electrons. The van der Waals surface area contributed by atoms with E-state index in [1.54, 1.807) is 49.6 Å². The molecule has 0 saturated heterocycles. The van der Waals surface area contributed by atoms with Gasteiger partial charge < -0.3 is 19.3 Å². The van der Waals surface area contributed by atoms with Crippen LogP contribution in [-0.2, 0) is 9.59 Å².